The first-order valence-corrected chi connectivity index (χ1v) is 12.3. The number of amides is 1. The normalized spacial score (nSPS) is 18.1. The molecule has 2 aliphatic heterocycles. The van der Waals surface area contributed by atoms with Gasteiger partial charge in [0.25, 0.3) is 5.91 Å². The summed E-state index contributed by atoms with van der Waals surface area (Å²) in [6.45, 7) is 3.01. The molecule has 2 fully saturated rings. The SMILES string of the molecule is O=C(c1ccc(C2SCCS2)cc1)N1CCN(c2ncnc3sccc23)CC1. The van der Waals surface area contributed by atoms with Crippen LogP contribution in [-0.4, -0.2) is 58.5 Å². The number of piperazine rings is 1. The summed E-state index contributed by atoms with van der Waals surface area (Å²) in [4.78, 5) is 27.0. The Balaban J connectivity index is 1.25. The van der Waals surface area contributed by atoms with Crippen molar-refractivity contribution >= 4 is 56.8 Å². The maximum Gasteiger partial charge on any atom is 0.253 e. The lowest BCUT2D eigenvalue weighted by molar-refractivity contribution is 0.0746. The number of hydrogen-bond acceptors (Lipinski definition) is 7. The summed E-state index contributed by atoms with van der Waals surface area (Å²) in [5.41, 5.74) is 2.10. The van der Waals surface area contributed by atoms with E-state index >= 15 is 0 Å². The second-order valence-electron chi connectivity index (χ2n) is 6.81. The van der Waals surface area contributed by atoms with Gasteiger partial charge in [-0.1, -0.05) is 12.1 Å². The summed E-state index contributed by atoms with van der Waals surface area (Å²) < 4.78 is 0.523. The summed E-state index contributed by atoms with van der Waals surface area (Å²) in [6, 6.07) is 10.3. The summed E-state index contributed by atoms with van der Waals surface area (Å²) in [7, 11) is 0. The molecule has 0 aliphatic carbocycles. The molecule has 0 bridgehead atoms. The van der Waals surface area contributed by atoms with E-state index in [0.29, 0.717) is 17.7 Å². The van der Waals surface area contributed by atoms with E-state index in [4.69, 9.17) is 0 Å². The van der Waals surface area contributed by atoms with Crippen molar-refractivity contribution in [3.63, 3.8) is 0 Å². The van der Waals surface area contributed by atoms with Crippen LogP contribution >= 0.6 is 34.9 Å². The second kappa shape index (κ2) is 7.93. The van der Waals surface area contributed by atoms with Crippen LogP contribution < -0.4 is 4.90 Å². The third-order valence-electron chi connectivity index (χ3n) is 5.16. The topological polar surface area (TPSA) is 49.3 Å². The van der Waals surface area contributed by atoms with Crippen LogP contribution in [0.2, 0.25) is 0 Å². The molecule has 0 radical (unpaired) electrons. The standard InChI is InChI=1S/C20H20N4OS3/c25-19(14-1-3-15(4-2-14)20-27-11-12-28-20)24-8-6-23(7-9-24)17-16-5-10-26-18(16)22-13-21-17/h1-5,10,13,20H,6-9,11-12H2. The van der Waals surface area contributed by atoms with Gasteiger partial charge >= 0.3 is 0 Å². The fourth-order valence-corrected chi connectivity index (χ4v) is 7.25. The third-order valence-corrected chi connectivity index (χ3v) is 9.08. The zero-order valence-corrected chi connectivity index (χ0v) is 17.7. The minimum atomic E-state index is 0.126. The van der Waals surface area contributed by atoms with Gasteiger partial charge in [0, 0.05) is 43.2 Å². The van der Waals surface area contributed by atoms with E-state index < -0.39 is 0 Å². The average molecular weight is 429 g/mol. The minimum absolute atomic E-state index is 0.126. The molecule has 1 aromatic carbocycles. The first kappa shape index (κ1) is 18.3. The van der Waals surface area contributed by atoms with Gasteiger partial charge < -0.3 is 9.80 Å². The molecule has 0 saturated carbocycles. The molecule has 0 spiro atoms. The lowest BCUT2D eigenvalue weighted by Crippen LogP contribution is -2.49. The van der Waals surface area contributed by atoms with Crippen LogP contribution in [0.15, 0.2) is 42.0 Å². The van der Waals surface area contributed by atoms with Crippen LogP contribution in [0.25, 0.3) is 10.2 Å². The Morgan fingerprint density at radius 1 is 0.964 bits per heavy atom. The summed E-state index contributed by atoms with van der Waals surface area (Å²) in [5, 5.41) is 3.15. The van der Waals surface area contributed by atoms with E-state index in [-0.39, 0.29) is 5.91 Å². The number of anilines is 1. The Labute approximate surface area is 176 Å². The Kier molecular flexibility index (Phi) is 5.17. The Bertz CT molecular complexity index is 977. The quantitative estimate of drug-likeness (QED) is 0.625. The molecule has 5 nitrogen and oxygen atoms in total. The largest absolute Gasteiger partial charge is 0.352 e. The molecule has 144 valence electrons. The molecule has 2 aromatic heterocycles. The van der Waals surface area contributed by atoms with Crippen molar-refractivity contribution in [1.82, 2.24) is 14.9 Å². The molecule has 0 N–H and O–H groups in total. The van der Waals surface area contributed by atoms with E-state index in [0.717, 1.165) is 34.7 Å². The third kappa shape index (κ3) is 3.49. The molecular formula is C20H20N4OS3. The highest BCUT2D eigenvalue weighted by atomic mass is 32.2. The van der Waals surface area contributed by atoms with Crippen molar-refractivity contribution in [2.75, 3.05) is 42.6 Å². The molecular weight excluding hydrogens is 408 g/mol. The predicted octanol–water partition coefficient (Wildman–Crippen LogP) is 4.13. The first-order chi connectivity index (χ1) is 13.8. The minimum Gasteiger partial charge on any atom is -0.352 e. The number of rotatable bonds is 3. The van der Waals surface area contributed by atoms with Gasteiger partial charge in [-0.15, -0.1) is 34.9 Å². The van der Waals surface area contributed by atoms with Crippen molar-refractivity contribution in [3.8, 4) is 0 Å². The number of fused-ring (bicyclic) bond motifs is 1. The van der Waals surface area contributed by atoms with E-state index in [1.54, 1.807) is 17.7 Å². The Morgan fingerprint density at radius 2 is 1.71 bits per heavy atom. The lowest BCUT2D eigenvalue weighted by Gasteiger charge is -2.35. The number of carbonyl (C=O) groups excluding carboxylic acids is 1. The van der Waals surface area contributed by atoms with Gasteiger partial charge in [-0.2, -0.15) is 0 Å². The fraction of sp³-hybridized carbons (Fsp3) is 0.350. The van der Waals surface area contributed by atoms with Gasteiger partial charge in [-0.05, 0) is 29.1 Å². The van der Waals surface area contributed by atoms with Gasteiger partial charge in [-0.3, -0.25) is 4.79 Å². The van der Waals surface area contributed by atoms with Crippen LogP contribution in [0.4, 0.5) is 5.82 Å². The zero-order chi connectivity index (χ0) is 18.9. The Hall–Kier alpha value is -1.77. The zero-order valence-electron chi connectivity index (χ0n) is 15.3. The predicted molar refractivity (Wildman–Crippen MR) is 120 cm³/mol. The van der Waals surface area contributed by atoms with Crippen LogP contribution in [-0.2, 0) is 0 Å². The molecule has 2 saturated heterocycles. The number of aromatic nitrogens is 2. The molecule has 2 aliphatic rings. The van der Waals surface area contributed by atoms with Gasteiger partial charge in [0.2, 0.25) is 0 Å². The number of carbonyl (C=O) groups is 1. The average Bonchev–Trinajstić information content (AvgIpc) is 3.45. The van der Waals surface area contributed by atoms with Crippen molar-refractivity contribution in [2.24, 2.45) is 0 Å². The number of benzene rings is 1. The smallest absolute Gasteiger partial charge is 0.253 e. The van der Waals surface area contributed by atoms with E-state index in [1.807, 2.05) is 40.6 Å². The summed E-state index contributed by atoms with van der Waals surface area (Å²) in [5.74, 6) is 3.53. The molecule has 0 atom stereocenters. The molecule has 8 heteroatoms. The van der Waals surface area contributed by atoms with Gasteiger partial charge in [0.1, 0.15) is 17.0 Å². The fourth-order valence-electron chi connectivity index (χ4n) is 3.67. The second-order valence-corrected chi connectivity index (χ2v) is 10.4. The van der Waals surface area contributed by atoms with Crippen LogP contribution in [0.1, 0.15) is 20.5 Å². The number of thioether (sulfide) groups is 2. The van der Waals surface area contributed by atoms with Gasteiger partial charge in [0.05, 0.1) is 9.97 Å². The van der Waals surface area contributed by atoms with Gasteiger partial charge in [-0.25, -0.2) is 9.97 Å². The summed E-state index contributed by atoms with van der Waals surface area (Å²) in [6.07, 6.45) is 1.63. The van der Waals surface area contributed by atoms with Crippen molar-refractivity contribution in [1.29, 1.82) is 0 Å². The van der Waals surface area contributed by atoms with E-state index in [2.05, 4.69) is 38.4 Å². The lowest BCUT2D eigenvalue weighted by atomic mass is 10.1. The molecule has 0 unspecified atom stereocenters. The highest BCUT2D eigenvalue weighted by Crippen LogP contribution is 2.45. The summed E-state index contributed by atoms with van der Waals surface area (Å²) >= 11 is 5.61. The van der Waals surface area contributed by atoms with Crippen LogP contribution in [0.5, 0.6) is 0 Å². The van der Waals surface area contributed by atoms with E-state index in [1.165, 1.54) is 17.1 Å². The van der Waals surface area contributed by atoms with Gasteiger partial charge in [0.15, 0.2) is 0 Å². The molecule has 28 heavy (non-hydrogen) atoms. The molecule has 4 heterocycles. The number of nitrogens with zero attached hydrogens (tertiary/aromatic N) is 4. The van der Waals surface area contributed by atoms with Crippen molar-refractivity contribution in [2.45, 2.75) is 4.58 Å². The maximum absolute atomic E-state index is 12.9. The highest BCUT2D eigenvalue weighted by molar-refractivity contribution is 8.19. The number of hydrogen-bond donors (Lipinski definition) is 0. The molecule has 5 rings (SSSR count). The van der Waals surface area contributed by atoms with Crippen LogP contribution in [0, 0.1) is 0 Å². The molecule has 1 amide bonds. The van der Waals surface area contributed by atoms with Crippen molar-refractivity contribution in [3.05, 3.63) is 53.2 Å². The monoisotopic (exact) mass is 428 g/mol. The highest BCUT2D eigenvalue weighted by Gasteiger charge is 2.25. The van der Waals surface area contributed by atoms with Crippen LogP contribution in [0.3, 0.4) is 0 Å². The molecule has 3 aromatic rings. The van der Waals surface area contributed by atoms with E-state index in [9.17, 15) is 4.79 Å². The van der Waals surface area contributed by atoms with Crippen molar-refractivity contribution < 1.29 is 4.79 Å². The number of thiophene rings is 1. The first-order valence-electron chi connectivity index (χ1n) is 9.35. The Morgan fingerprint density at radius 3 is 2.46 bits per heavy atom. The maximum atomic E-state index is 12.9.